The Hall–Kier alpha value is -1.60. The average Bonchev–Trinajstić information content (AvgIpc) is 2.28. The molecule has 0 saturated heterocycles. The summed E-state index contributed by atoms with van der Waals surface area (Å²) in [7, 11) is -3.67. The second-order valence-electron chi connectivity index (χ2n) is 4.14. The minimum atomic E-state index is -3.67. The van der Waals surface area contributed by atoms with E-state index in [1.165, 1.54) is 6.07 Å². The van der Waals surface area contributed by atoms with Crippen molar-refractivity contribution in [3.63, 3.8) is 0 Å². The van der Waals surface area contributed by atoms with Gasteiger partial charge in [0.2, 0.25) is 15.9 Å². The standard InChI is InChI=1S/C12H19N3O3S/c1-3-14-12(16)6-7-15-19(17,18)11-5-4-9(2)8-10(11)13/h4-5,8,15H,3,6-7,13H2,1-2H3,(H,14,16). The summed E-state index contributed by atoms with van der Waals surface area (Å²) >= 11 is 0. The van der Waals surface area contributed by atoms with Crippen LogP contribution in [0.15, 0.2) is 23.1 Å². The summed E-state index contributed by atoms with van der Waals surface area (Å²) in [4.78, 5) is 11.2. The molecular formula is C12H19N3O3S. The van der Waals surface area contributed by atoms with E-state index < -0.39 is 10.0 Å². The lowest BCUT2D eigenvalue weighted by molar-refractivity contribution is -0.120. The van der Waals surface area contributed by atoms with E-state index >= 15 is 0 Å². The van der Waals surface area contributed by atoms with Crippen molar-refractivity contribution in [1.82, 2.24) is 10.0 Å². The molecule has 1 amide bonds. The lowest BCUT2D eigenvalue weighted by atomic mass is 10.2. The molecule has 1 aromatic carbocycles. The number of aryl methyl sites for hydroxylation is 1. The summed E-state index contributed by atoms with van der Waals surface area (Å²) in [5.41, 5.74) is 6.78. The van der Waals surface area contributed by atoms with E-state index in [0.717, 1.165) is 5.56 Å². The van der Waals surface area contributed by atoms with Gasteiger partial charge in [-0.1, -0.05) is 6.07 Å². The number of rotatable bonds is 6. The summed E-state index contributed by atoms with van der Waals surface area (Å²) in [5.74, 6) is -0.193. The van der Waals surface area contributed by atoms with Crippen LogP contribution in [0.3, 0.4) is 0 Å². The molecule has 0 atom stereocenters. The summed E-state index contributed by atoms with van der Waals surface area (Å²) in [6, 6.07) is 4.73. The molecular weight excluding hydrogens is 266 g/mol. The van der Waals surface area contributed by atoms with E-state index in [1.807, 2.05) is 6.92 Å². The van der Waals surface area contributed by atoms with E-state index in [-0.39, 0.29) is 29.5 Å². The Morgan fingerprint density at radius 2 is 2.05 bits per heavy atom. The van der Waals surface area contributed by atoms with Crippen LogP contribution < -0.4 is 15.8 Å². The molecule has 0 aliphatic rings. The Morgan fingerprint density at radius 1 is 1.37 bits per heavy atom. The number of sulfonamides is 1. The molecule has 1 rings (SSSR count). The smallest absolute Gasteiger partial charge is 0.242 e. The van der Waals surface area contributed by atoms with E-state index in [2.05, 4.69) is 10.0 Å². The van der Waals surface area contributed by atoms with Crippen LogP contribution in [0, 0.1) is 6.92 Å². The molecule has 0 heterocycles. The molecule has 0 spiro atoms. The maximum Gasteiger partial charge on any atom is 0.242 e. The fourth-order valence-electron chi connectivity index (χ4n) is 1.57. The number of hydrogen-bond acceptors (Lipinski definition) is 4. The van der Waals surface area contributed by atoms with Gasteiger partial charge in [-0.2, -0.15) is 0 Å². The molecule has 0 bridgehead atoms. The minimum absolute atomic E-state index is 0.0361. The molecule has 0 unspecified atom stereocenters. The molecule has 0 fully saturated rings. The van der Waals surface area contributed by atoms with Crippen molar-refractivity contribution in [1.29, 1.82) is 0 Å². The van der Waals surface area contributed by atoms with E-state index in [0.29, 0.717) is 6.54 Å². The van der Waals surface area contributed by atoms with Gasteiger partial charge < -0.3 is 11.1 Å². The van der Waals surface area contributed by atoms with Crippen molar-refractivity contribution >= 4 is 21.6 Å². The van der Waals surface area contributed by atoms with Crippen LogP contribution >= 0.6 is 0 Å². The quantitative estimate of drug-likeness (QED) is 0.658. The monoisotopic (exact) mass is 285 g/mol. The Balaban J connectivity index is 2.68. The van der Waals surface area contributed by atoms with Gasteiger partial charge in [0, 0.05) is 19.5 Å². The number of nitrogens with two attached hydrogens (primary N) is 1. The average molecular weight is 285 g/mol. The maximum absolute atomic E-state index is 12.0. The van der Waals surface area contributed by atoms with Crippen LogP contribution in [0.2, 0.25) is 0 Å². The zero-order valence-electron chi connectivity index (χ0n) is 11.1. The molecule has 0 radical (unpaired) electrons. The number of hydrogen-bond donors (Lipinski definition) is 3. The Kier molecular flexibility index (Phi) is 5.31. The summed E-state index contributed by atoms with van der Waals surface area (Å²) in [6.07, 6.45) is 0.0961. The highest BCUT2D eigenvalue weighted by atomic mass is 32.2. The van der Waals surface area contributed by atoms with Gasteiger partial charge in [0.05, 0.1) is 5.69 Å². The predicted molar refractivity (Wildman–Crippen MR) is 74.1 cm³/mol. The Morgan fingerprint density at radius 3 is 2.63 bits per heavy atom. The van der Waals surface area contributed by atoms with Gasteiger partial charge in [-0.15, -0.1) is 0 Å². The van der Waals surface area contributed by atoms with Gasteiger partial charge >= 0.3 is 0 Å². The minimum Gasteiger partial charge on any atom is -0.398 e. The third-order valence-corrected chi connectivity index (χ3v) is 4.01. The molecule has 7 heteroatoms. The zero-order chi connectivity index (χ0) is 14.5. The van der Waals surface area contributed by atoms with Crippen LogP contribution in [-0.4, -0.2) is 27.4 Å². The highest BCUT2D eigenvalue weighted by molar-refractivity contribution is 7.89. The first-order valence-electron chi connectivity index (χ1n) is 5.99. The molecule has 0 aliphatic heterocycles. The predicted octanol–water partition coefficient (Wildman–Crippen LogP) is 0.382. The van der Waals surface area contributed by atoms with Crippen molar-refractivity contribution in [3.8, 4) is 0 Å². The van der Waals surface area contributed by atoms with Gasteiger partial charge in [0.15, 0.2) is 0 Å². The molecule has 0 aliphatic carbocycles. The molecule has 106 valence electrons. The SMILES string of the molecule is CCNC(=O)CCNS(=O)(=O)c1ccc(C)cc1N. The number of anilines is 1. The van der Waals surface area contributed by atoms with Crippen LogP contribution in [0.4, 0.5) is 5.69 Å². The van der Waals surface area contributed by atoms with Gasteiger partial charge in [-0.25, -0.2) is 13.1 Å². The summed E-state index contributed by atoms with van der Waals surface area (Å²) in [6.45, 7) is 4.20. The van der Waals surface area contributed by atoms with Crippen molar-refractivity contribution in [2.45, 2.75) is 25.2 Å². The normalized spacial score (nSPS) is 11.3. The number of nitrogens with one attached hydrogen (secondary N) is 2. The number of benzene rings is 1. The molecule has 4 N–H and O–H groups in total. The molecule has 0 aromatic heterocycles. The molecule has 6 nitrogen and oxygen atoms in total. The van der Waals surface area contributed by atoms with Crippen LogP contribution in [-0.2, 0) is 14.8 Å². The third kappa shape index (κ3) is 4.53. The van der Waals surface area contributed by atoms with Gasteiger partial charge in [-0.05, 0) is 31.5 Å². The van der Waals surface area contributed by atoms with Crippen molar-refractivity contribution < 1.29 is 13.2 Å². The second kappa shape index (κ2) is 6.53. The summed E-state index contributed by atoms with van der Waals surface area (Å²) < 4.78 is 26.3. The third-order valence-electron chi connectivity index (χ3n) is 2.47. The zero-order valence-corrected chi connectivity index (χ0v) is 11.9. The first-order chi connectivity index (χ1) is 8.86. The number of carbonyl (C=O) groups is 1. The molecule has 0 saturated carbocycles. The largest absolute Gasteiger partial charge is 0.398 e. The lowest BCUT2D eigenvalue weighted by Gasteiger charge is -2.09. The summed E-state index contributed by atoms with van der Waals surface area (Å²) in [5, 5.41) is 2.59. The fourth-order valence-corrected chi connectivity index (χ4v) is 2.72. The van der Waals surface area contributed by atoms with E-state index in [9.17, 15) is 13.2 Å². The van der Waals surface area contributed by atoms with Gasteiger partial charge in [-0.3, -0.25) is 4.79 Å². The molecule has 19 heavy (non-hydrogen) atoms. The number of nitrogen functional groups attached to an aromatic ring is 1. The van der Waals surface area contributed by atoms with E-state index in [1.54, 1.807) is 19.1 Å². The molecule has 1 aromatic rings. The fraction of sp³-hybridized carbons (Fsp3) is 0.417. The first-order valence-corrected chi connectivity index (χ1v) is 7.47. The second-order valence-corrected chi connectivity index (χ2v) is 5.88. The highest BCUT2D eigenvalue weighted by Gasteiger charge is 2.17. The van der Waals surface area contributed by atoms with Gasteiger partial charge in [0.1, 0.15) is 4.90 Å². The number of amides is 1. The van der Waals surface area contributed by atoms with Crippen molar-refractivity contribution in [2.75, 3.05) is 18.8 Å². The maximum atomic E-state index is 12.0. The highest BCUT2D eigenvalue weighted by Crippen LogP contribution is 2.18. The van der Waals surface area contributed by atoms with Crippen molar-refractivity contribution in [2.24, 2.45) is 0 Å². The van der Waals surface area contributed by atoms with Crippen LogP contribution in [0.1, 0.15) is 18.9 Å². The van der Waals surface area contributed by atoms with E-state index in [4.69, 9.17) is 5.73 Å². The van der Waals surface area contributed by atoms with Gasteiger partial charge in [0.25, 0.3) is 0 Å². The Bertz CT molecular complexity index is 555. The van der Waals surface area contributed by atoms with Crippen LogP contribution in [0.25, 0.3) is 0 Å². The topological polar surface area (TPSA) is 101 Å². The van der Waals surface area contributed by atoms with Crippen molar-refractivity contribution in [3.05, 3.63) is 23.8 Å². The Labute approximate surface area is 113 Å². The number of carbonyl (C=O) groups excluding carboxylic acids is 1. The first kappa shape index (κ1) is 15.5. The lowest BCUT2D eigenvalue weighted by Crippen LogP contribution is -2.31. The van der Waals surface area contributed by atoms with Crippen LogP contribution in [0.5, 0.6) is 0 Å².